The molecule has 5 heteroatoms. The summed E-state index contributed by atoms with van der Waals surface area (Å²) in [5.41, 5.74) is 4.44. The van der Waals surface area contributed by atoms with Gasteiger partial charge in [-0.25, -0.2) is 0 Å². The van der Waals surface area contributed by atoms with Crippen LogP contribution in [0.2, 0.25) is 0 Å². The molecule has 2 aliphatic rings. The zero-order valence-electron chi connectivity index (χ0n) is 19.6. The zero-order valence-corrected chi connectivity index (χ0v) is 20.4. The van der Waals surface area contributed by atoms with E-state index in [9.17, 15) is 9.59 Å². The molecule has 4 nitrogen and oxygen atoms in total. The van der Waals surface area contributed by atoms with Gasteiger partial charge >= 0.3 is 0 Å². The summed E-state index contributed by atoms with van der Waals surface area (Å²) in [6, 6.07) is 14.6. The molecule has 1 aliphatic heterocycles. The van der Waals surface area contributed by atoms with Crippen LogP contribution in [0.15, 0.2) is 47.4 Å². The Kier molecular flexibility index (Phi) is 6.94. The molecule has 2 aromatic carbocycles. The van der Waals surface area contributed by atoms with Gasteiger partial charge in [0.1, 0.15) is 5.25 Å². The van der Waals surface area contributed by atoms with E-state index in [2.05, 4.69) is 50.4 Å². The molecule has 1 heterocycles. The molecule has 1 fully saturated rings. The Hall–Kier alpha value is -2.27. The topological polar surface area (TPSA) is 49.4 Å². The highest BCUT2D eigenvalue weighted by atomic mass is 32.2. The average Bonchev–Trinajstić information content (AvgIpc) is 2.78. The number of amides is 2. The summed E-state index contributed by atoms with van der Waals surface area (Å²) in [7, 11) is 0. The maximum absolute atomic E-state index is 13.7. The summed E-state index contributed by atoms with van der Waals surface area (Å²) in [6.07, 6.45) is 4.39. The first kappa shape index (κ1) is 22.9. The largest absolute Gasteiger partial charge is 0.353 e. The van der Waals surface area contributed by atoms with Crippen molar-refractivity contribution in [2.75, 3.05) is 4.90 Å². The van der Waals surface area contributed by atoms with Gasteiger partial charge in [0.2, 0.25) is 11.8 Å². The van der Waals surface area contributed by atoms with Crippen LogP contribution in [0.4, 0.5) is 5.69 Å². The number of rotatable bonds is 5. The summed E-state index contributed by atoms with van der Waals surface area (Å²) >= 11 is 1.53. The number of thioether (sulfide) groups is 1. The van der Waals surface area contributed by atoms with Gasteiger partial charge in [0.15, 0.2) is 0 Å². The van der Waals surface area contributed by atoms with Gasteiger partial charge in [0.25, 0.3) is 0 Å². The van der Waals surface area contributed by atoms with Gasteiger partial charge in [0, 0.05) is 10.9 Å². The molecule has 2 amide bonds. The highest BCUT2D eigenvalue weighted by molar-refractivity contribution is 8.01. The van der Waals surface area contributed by atoms with E-state index in [0.717, 1.165) is 47.7 Å². The molecule has 2 atom stereocenters. The summed E-state index contributed by atoms with van der Waals surface area (Å²) in [5, 5.41) is 2.82. The van der Waals surface area contributed by atoms with E-state index in [4.69, 9.17) is 0 Å². The third-order valence-electron chi connectivity index (χ3n) is 6.98. The third kappa shape index (κ3) is 4.88. The molecular formula is C27H34N2O2S. The van der Waals surface area contributed by atoms with E-state index in [1.54, 1.807) is 0 Å². The first-order valence-corrected chi connectivity index (χ1v) is 12.6. The Morgan fingerprint density at radius 3 is 2.59 bits per heavy atom. The van der Waals surface area contributed by atoms with Gasteiger partial charge in [-0.2, -0.15) is 0 Å². The number of carbonyl (C=O) groups is 2. The van der Waals surface area contributed by atoms with Gasteiger partial charge in [-0.15, -0.1) is 11.8 Å². The van der Waals surface area contributed by atoms with E-state index in [-0.39, 0.29) is 23.8 Å². The van der Waals surface area contributed by atoms with Crippen LogP contribution in [0, 0.1) is 25.7 Å². The molecule has 1 aliphatic carbocycles. The molecule has 32 heavy (non-hydrogen) atoms. The third-order valence-corrected chi connectivity index (χ3v) is 8.45. The minimum atomic E-state index is -0.419. The molecule has 0 aromatic heterocycles. The molecule has 2 aromatic rings. The van der Waals surface area contributed by atoms with Gasteiger partial charge in [0.05, 0.1) is 18.2 Å². The molecule has 0 spiro atoms. The number of fused-ring (bicyclic) bond motifs is 1. The van der Waals surface area contributed by atoms with Gasteiger partial charge in [-0.3, -0.25) is 9.59 Å². The van der Waals surface area contributed by atoms with Gasteiger partial charge in [-0.05, 0) is 68.7 Å². The van der Waals surface area contributed by atoms with E-state index >= 15 is 0 Å². The Bertz CT molecular complexity index is 997. The van der Waals surface area contributed by atoms with Crippen LogP contribution in [0.3, 0.4) is 0 Å². The van der Waals surface area contributed by atoms with Crippen LogP contribution >= 0.6 is 11.8 Å². The van der Waals surface area contributed by atoms with Crippen LogP contribution in [0.25, 0.3) is 0 Å². The minimum absolute atomic E-state index is 0.00136. The van der Waals surface area contributed by atoms with Gasteiger partial charge < -0.3 is 10.2 Å². The van der Waals surface area contributed by atoms with Crippen LogP contribution in [-0.2, 0) is 16.1 Å². The van der Waals surface area contributed by atoms with Crippen molar-refractivity contribution in [2.24, 2.45) is 11.8 Å². The van der Waals surface area contributed by atoms with Gasteiger partial charge in [-0.1, -0.05) is 49.7 Å². The van der Waals surface area contributed by atoms with Crippen LogP contribution in [0.1, 0.15) is 56.2 Å². The van der Waals surface area contributed by atoms with Crippen molar-refractivity contribution in [1.29, 1.82) is 0 Å². The lowest BCUT2D eigenvalue weighted by Gasteiger charge is -2.36. The molecule has 1 saturated carbocycles. The molecule has 0 bridgehead atoms. The molecule has 4 rings (SSSR count). The molecule has 2 unspecified atom stereocenters. The highest BCUT2D eigenvalue weighted by Gasteiger charge is 2.40. The fourth-order valence-electron chi connectivity index (χ4n) is 4.73. The van der Waals surface area contributed by atoms with E-state index in [0.29, 0.717) is 6.54 Å². The average molecular weight is 451 g/mol. The molecule has 170 valence electrons. The van der Waals surface area contributed by atoms with Crippen molar-refractivity contribution in [2.45, 2.75) is 76.1 Å². The van der Waals surface area contributed by atoms with E-state index in [1.807, 2.05) is 30.0 Å². The number of aryl methyl sites for hydroxylation is 2. The first-order chi connectivity index (χ1) is 15.3. The second-order valence-corrected chi connectivity index (χ2v) is 10.8. The van der Waals surface area contributed by atoms with Crippen molar-refractivity contribution in [1.82, 2.24) is 5.32 Å². The zero-order chi connectivity index (χ0) is 22.8. The number of hydrogen-bond donors (Lipinski definition) is 1. The number of carbonyl (C=O) groups excluding carboxylic acids is 2. The number of nitrogens with one attached hydrogen (secondary N) is 1. The molecule has 0 saturated heterocycles. The summed E-state index contributed by atoms with van der Waals surface area (Å²) in [6.45, 7) is 8.87. The summed E-state index contributed by atoms with van der Waals surface area (Å²) < 4.78 is 0. The summed E-state index contributed by atoms with van der Waals surface area (Å²) in [5.74, 6) is 0.378. The fraction of sp³-hybridized carbons (Fsp3) is 0.481. The van der Waals surface area contributed by atoms with Crippen molar-refractivity contribution in [3.8, 4) is 0 Å². The monoisotopic (exact) mass is 450 g/mol. The van der Waals surface area contributed by atoms with Crippen LogP contribution in [-0.4, -0.2) is 23.1 Å². The number of para-hydroxylation sites is 1. The van der Waals surface area contributed by atoms with Crippen LogP contribution in [0.5, 0.6) is 0 Å². The molecule has 0 radical (unpaired) electrons. The predicted octanol–water partition coefficient (Wildman–Crippen LogP) is 5.64. The highest BCUT2D eigenvalue weighted by Crippen LogP contribution is 2.42. The maximum atomic E-state index is 13.7. The van der Waals surface area contributed by atoms with Crippen molar-refractivity contribution in [3.63, 3.8) is 0 Å². The number of benzene rings is 2. The lowest BCUT2D eigenvalue weighted by molar-refractivity contribution is -0.129. The number of nitrogens with zero attached hydrogens (tertiary/aromatic N) is 1. The maximum Gasteiger partial charge on any atom is 0.241 e. The number of anilines is 1. The van der Waals surface area contributed by atoms with Crippen LogP contribution < -0.4 is 10.2 Å². The fourth-order valence-corrected chi connectivity index (χ4v) is 6.02. The standard InChI is InChI=1S/C27H34N2O2S/c1-17-10-13-22(14-11-17)28-26(30)20(4)25-27(31)29(23-7-5-6-8-24(23)32-25)16-21-15-18(2)9-12-19(21)3/h5-9,12,15,17,20,22,25H,10-11,13-14,16H2,1-4H3,(H,28,30). The van der Waals surface area contributed by atoms with Crippen molar-refractivity contribution in [3.05, 3.63) is 59.2 Å². The first-order valence-electron chi connectivity index (χ1n) is 11.8. The Morgan fingerprint density at radius 2 is 1.84 bits per heavy atom. The predicted molar refractivity (Wildman–Crippen MR) is 132 cm³/mol. The van der Waals surface area contributed by atoms with Crippen molar-refractivity contribution < 1.29 is 9.59 Å². The normalized spacial score (nSPS) is 24.1. The summed E-state index contributed by atoms with van der Waals surface area (Å²) in [4.78, 5) is 29.8. The quantitative estimate of drug-likeness (QED) is 0.641. The minimum Gasteiger partial charge on any atom is -0.353 e. The second kappa shape index (κ2) is 9.70. The SMILES string of the molecule is Cc1ccc(C)c(CN2C(=O)C(C(C)C(=O)NC3CCC(C)CC3)Sc3ccccc32)c1. The molecular weight excluding hydrogens is 416 g/mol. The van der Waals surface area contributed by atoms with Crippen molar-refractivity contribution >= 4 is 29.3 Å². The Morgan fingerprint density at radius 1 is 1.12 bits per heavy atom. The number of hydrogen-bond acceptors (Lipinski definition) is 3. The Labute approximate surface area is 196 Å². The lowest BCUT2D eigenvalue weighted by Crippen LogP contribution is -2.49. The lowest BCUT2D eigenvalue weighted by atomic mass is 9.87. The Balaban J connectivity index is 1.55. The second-order valence-electron chi connectivity index (χ2n) is 9.61. The molecule has 1 N–H and O–H groups in total. The van der Waals surface area contributed by atoms with E-state index in [1.165, 1.54) is 22.9 Å². The van der Waals surface area contributed by atoms with E-state index < -0.39 is 5.25 Å². The smallest absolute Gasteiger partial charge is 0.241 e.